The number of halogens is 1. The minimum absolute atomic E-state index is 0.0289. The van der Waals surface area contributed by atoms with Gasteiger partial charge >= 0.3 is 0 Å². The van der Waals surface area contributed by atoms with Gasteiger partial charge in [-0.1, -0.05) is 43.7 Å². The second-order valence-electron chi connectivity index (χ2n) is 5.60. The molecule has 3 nitrogen and oxygen atoms in total. The van der Waals surface area contributed by atoms with Crippen molar-refractivity contribution in [2.24, 2.45) is 5.92 Å². The molecule has 4 heteroatoms. The summed E-state index contributed by atoms with van der Waals surface area (Å²) in [5.74, 6) is 0.566. The summed E-state index contributed by atoms with van der Waals surface area (Å²) in [6.07, 6.45) is 7.45. The Kier molecular flexibility index (Phi) is 5.44. The summed E-state index contributed by atoms with van der Waals surface area (Å²) in [5.41, 5.74) is 8.28. The molecular weight excluding hydrogens is 274 g/mol. The summed E-state index contributed by atoms with van der Waals surface area (Å²) in [5, 5.41) is 0.479. The number of hydrogen-bond acceptors (Lipinski definition) is 3. The molecule has 0 heterocycles. The molecule has 0 aromatic heterocycles. The molecule has 2 N–H and O–H groups in total. The predicted octanol–water partition coefficient (Wildman–Crippen LogP) is 3.87. The summed E-state index contributed by atoms with van der Waals surface area (Å²) in [7, 11) is 1.49. The molecule has 1 fully saturated rings. The van der Waals surface area contributed by atoms with Crippen LogP contribution in [-0.2, 0) is 11.2 Å². The van der Waals surface area contributed by atoms with Gasteiger partial charge in [-0.2, -0.15) is 0 Å². The lowest BCUT2D eigenvalue weighted by Crippen LogP contribution is -2.12. The summed E-state index contributed by atoms with van der Waals surface area (Å²) in [4.78, 5) is 11.9. The van der Waals surface area contributed by atoms with Gasteiger partial charge in [0.2, 0.25) is 0 Å². The number of nitrogens with two attached hydrogens (primary N) is 1. The minimum atomic E-state index is -0.131. The molecule has 2 rings (SSSR count). The molecule has 1 aliphatic rings. The van der Waals surface area contributed by atoms with Crippen LogP contribution in [0.5, 0.6) is 0 Å². The number of carbonyl (C=O) groups excluding carboxylic acids is 1. The highest BCUT2D eigenvalue weighted by Crippen LogP contribution is 2.31. The van der Waals surface area contributed by atoms with Gasteiger partial charge in [-0.15, -0.1) is 0 Å². The molecule has 0 atom stereocenters. The van der Waals surface area contributed by atoms with Crippen molar-refractivity contribution in [1.29, 1.82) is 0 Å². The van der Waals surface area contributed by atoms with Gasteiger partial charge < -0.3 is 10.5 Å². The number of benzene rings is 1. The Morgan fingerprint density at radius 3 is 2.70 bits per heavy atom. The van der Waals surface area contributed by atoms with Gasteiger partial charge in [-0.25, -0.2) is 0 Å². The first-order valence-electron chi connectivity index (χ1n) is 7.22. The number of ether oxygens (including phenoxy) is 1. The van der Waals surface area contributed by atoms with E-state index in [4.69, 9.17) is 22.1 Å². The monoisotopic (exact) mass is 295 g/mol. The van der Waals surface area contributed by atoms with Gasteiger partial charge in [-0.3, -0.25) is 4.79 Å². The van der Waals surface area contributed by atoms with Crippen LogP contribution >= 0.6 is 11.6 Å². The molecule has 20 heavy (non-hydrogen) atoms. The van der Waals surface area contributed by atoms with Crippen molar-refractivity contribution in [3.05, 3.63) is 28.3 Å². The molecule has 1 saturated carbocycles. The molecule has 0 aliphatic heterocycles. The number of carbonyl (C=O) groups is 1. The van der Waals surface area contributed by atoms with Gasteiger partial charge in [-0.05, 0) is 30.0 Å². The molecule has 1 aliphatic carbocycles. The lowest BCUT2D eigenvalue weighted by atomic mass is 9.84. The number of methoxy groups -OCH3 is 1. The van der Waals surface area contributed by atoms with Gasteiger partial charge in [0.1, 0.15) is 6.61 Å². The van der Waals surface area contributed by atoms with E-state index in [2.05, 4.69) is 0 Å². The van der Waals surface area contributed by atoms with Gasteiger partial charge in [0, 0.05) is 18.4 Å². The van der Waals surface area contributed by atoms with Crippen molar-refractivity contribution < 1.29 is 9.53 Å². The van der Waals surface area contributed by atoms with Gasteiger partial charge in [0.25, 0.3) is 0 Å². The quantitative estimate of drug-likeness (QED) is 0.662. The standard InChI is InChI=1S/C16H22ClNO2/c1-20-10-16(19)13-9-15(18)12(8-14(13)17)7-11-5-3-2-4-6-11/h8-9,11H,2-7,10,18H2,1H3. The van der Waals surface area contributed by atoms with E-state index in [0.29, 0.717) is 22.2 Å². The molecule has 0 saturated heterocycles. The van der Waals surface area contributed by atoms with Crippen LogP contribution in [0.3, 0.4) is 0 Å². The van der Waals surface area contributed by atoms with Crippen molar-refractivity contribution in [2.75, 3.05) is 19.5 Å². The van der Waals surface area contributed by atoms with Crippen LogP contribution in [0.1, 0.15) is 48.0 Å². The van der Waals surface area contributed by atoms with E-state index >= 15 is 0 Å². The Morgan fingerprint density at radius 1 is 1.35 bits per heavy atom. The van der Waals surface area contributed by atoms with Crippen molar-refractivity contribution in [1.82, 2.24) is 0 Å². The molecule has 1 aromatic rings. The third kappa shape index (κ3) is 3.74. The Bertz CT molecular complexity index is 482. The average molecular weight is 296 g/mol. The predicted molar refractivity (Wildman–Crippen MR) is 82.3 cm³/mol. The van der Waals surface area contributed by atoms with E-state index in [1.165, 1.54) is 39.2 Å². The molecule has 0 bridgehead atoms. The molecule has 0 unspecified atom stereocenters. The zero-order chi connectivity index (χ0) is 14.5. The van der Waals surface area contributed by atoms with E-state index < -0.39 is 0 Å². The summed E-state index contributed by atoms with van der Waals surface area (Å²) in [6, 6.07) is 3.55. The molecule has 0 amide bonds. The van der Waals surface area contributed by atoms with Crippen LogP contribution in [-0.4, -0.2) is 19.5 Å². The highest BCUT2D eigenvalue weighted by Gasteiger charge is 2.18. The van der Waals surface area contributed by atoms with Crippen molar-refractivity contribution in [3.8, 4) is 0 Å². The van der Waals surface area contributed by atoms with Gasteiger partial charge in [0.15, 0.2) is 5.78 Å². The third-order valence-electron chi connectivity index (χ3n) is 4.04. The fourth-order valence-electron chi connectivity index (χ4n) is 2.93. The number of ketones is 1. The summed E-state index contributed by atoms with van der Waals surface area (Å²) in [6.45, 7) is 0.0289. The van der Waals surface area contributed by atoms with Crippen LogP contribution < -0.4 is 5.73 Å². The maximum atomic E-state index is 11.9. The van der Waals surface area contributed by atoms with Crippen LogP contribution in [0.2, 0.25) is 5.02 Å². The fourth-order valence-corrected chi connectivity index (χ4v) is 3.22. The van der Waals surface area contributed by atoms with E-state index in [0.717, 1.165) is 12.0 Å². The summed E-state index contributed by atoms with van der Waals surface area (Å²) < 4.78 is 4.86. The van der Waals surface area contributed by atoms with E-state index in [1.54, 1.807) is 6.07 Å². The lowest BCUT2D eigenvalue weighted by Gasteiger charge is -2.22. The normalized spacial score (nSPS) is 16.3. The highest BCUT2D eigenvalue weighted by atomic mass is 35.5. The Balaban J connectivity index is 2.14. The molecule has 0 radical (unpaired) electrons. The first-order chi connectivity index (χ1) is 9.61. The fraction of sp³-hybridized carbons (Fsp3) is 0.562. The number of hydrogen-bond donors (Lipinski definition) is 1. The smallest absolute Gasteiger partial charge is 0.190 e. The van der Waals surface area contributed by atoms with Crippen LogP contribution in [0.25, 0.3) is 0 Å². The zero-order valence-corrected chi connectivity index (χ0v) is 12.7. The number of anilines is 1. The zero-order valence-electron chi connectivity index (χ0n) is 12.0. The van der Waals surface area contributed by atoms with Crippen molar-refractivity contribution >= 4 is 23.1 Å². The highest BCUT2D eigenvalue weighted by molar-refractivity contribution is 6.34. The largest absolute Gasteiger partial charge is 0.398 e. The van der Waals surface area contributed by atoms with Crippen molar-refractivity contribution in [3.63, 3.8) is 0 Å². The number of nitrogen functional groups attached to an aromatic ring is 1. The molecular formula is C16H22ClNO2. The Labute approximate surface area is 125 Å². The first-order valence-corrected chi connectivity index (χ1v) is 7.59. The maximum Gasteiger partial charge on any atom is 0.190 e. The van der Waals surface area contributed by atoms with Crippen molar-refractivity contribution in [2.45, 2.75) is 38.5 Å². The maximum absolute atomic E-state index is 11.9. The number of Topliss-reactive ketones (excluding diaryl/α,β-unsaturated/α-hetero) is 1. The molecule has 0 spiro atoms. The van der Waals surface area contributed by atoms with Gasteiger partial charge in [0.05, 0.1) is 5.02 Å². The third-order valence-corrected chi connectivity index (χ3v) is 4.35. The Hall–Kier alpha value is -1.06. The SMILES string of the molecule is COCC(=O)c1cc(N)c(CC2CCCCC2)cc1Cl. The number of rotatable bonds is 5. The van der Waals surface area contributed by atoms with Crippen LogP contribution in [0, 0.1) is 5.92 Å². The summed E-state index contributed by atoms with van der Waals surface area (Å²) >= 11 is 6.22. The second kappa shape index (κ2) is 7.09. The Morgan fingerprint density at radius 2 is 2.05 bits per heavy atom. The first kappa shape index (κ1) is 15.3. The topological polar surface area (TPSA) is 52.3 Å². The minimum Gasteiger partial charge on any atom is -0.398 e. The molecule has 1 aromatic carbocycles. The van der Waals surface area contributed by atoms with Crippen LogP contribution in [0.4, 0.5) is 5.69 Å². The van der Waals surface area contributed by atoms with E-state index in [-0.39, 0.29) is 12.4 Å². The van der Waals surface area contributed by atoms with E-state index in [1.807, 2.05) is 6.07 Å². The average Bonchev–Trinajstić information content (AvgIpc) is 2.44. The lowest BCUT2D eigenvalue weighted by molar-refractivity contribution is 0.0848. The molecule has 110 valence electrons. The second-order valence-corrected chi connectivity index (χ2v) is 6.00. The van der Waals surface area contributed by atoms with Crippen LogP contribution in [0.15, 0.2) is 12.1 Å². The van der Waals surface area contributed by atoms with E-state index in [9.17, 15) is 4.79 Å².